The number of aryl methyl sites for hydroxylation is 1. The topological polar surface area (TPSA) is 154 Å². The van der Waals surface area contributed by atoms with Gasteiger partial charge in [0.25, 0.3) is 5.91 Å². The van der Waals surface area contributed by atoms with E-state index in [1.165, 1.54) is 33.3 Å². The minimum absolute atomic E-state index is 0.0306. The van der Waals surface area contributed by atoms with Gasteiger partial charge in [-0.15, -0.1) is 12.6 Å². The van der Waals surface area contributed by atoms with Crippen LogP contribution in [0.25, 0.3) is 0 Å². The SMILES string of the molecule is CCN1CCCC1CNC(=O)c1cc(S(=O)(=O)CC)c(N)cc1OC.CCc1cc(C(=O)S)c(OC)cc1N. The van der Waals surface area contributed by atoms with Crippen molar-refractivity contribution in [3.05, 3.63) is 41.0 Å². The second kappa shape index (κ2) is 14.4. The van der Waals surface area contributed by atoms with Crippen LogP contribution in [0.3, 0.4) is 0 Å². The molecule has 39 heavy (non-hydrogen) atoms. The molecule has 1 aliphatic heterocycles. The Morgan fingerprint density at radius 2 is 1.64 bits per heavy atom. The average Bonchev–Trinajstić information content (AvgIpc) is 3.38. The van der Waals surface area contributed by atoms with Crippen molar-refractivity contribution in [2.75, 3.05) is 51.1 Å². The highest BCUT2D eigenvalue weighted by molar-refractivity contribution is 7.97. The lowest BCUT2D eigenvalue weighted by molar-refractivity contribution is 0.0937. The number of nitrogens with two attached hydrogens (primary N) is 2. The van der Waals surface area contributed by atoms with Crippen molar-refractivity contribution in [1.82, 2.24) is 10.2 Å². The number of carbonyl (C=O) groups is 2. The molecule has 1 aliphatic rings. The summed E-state index contributed by atoms with van der Waals surface area (Å²) in [5, 5.41) is 2.59. The van der Waals surface area contributed by atoms with Crippen LogP contribution in [0.1, 0.15) is 59.9 Å². The van der Waals surface area contributed by atoms with Crippen LogP contribution >= 0.6 is 12.6 Å². The molecular weight excluding hydrogens is 540 g/mol. The first-order valence-electron chi connectivity index (χ1n) is 12.9. The van der Waals surface area contributed by atoms with E-state index in [4.69, 9.17) is 20.9 Å². The van der Waals surface area contributed by atoms with Crippen molar-refractivity contribution in [3.63, 3.8) is 0 Å². The number of hydrogen-bond acceptors (Lipinski definition) is 9. The van der Waals surface area contributed by atoms with Gasteiger partial charge in [0.2, 0.25) is 5.12 Å². The molecule has 3 rings (SSSR count). The number of likely N-dealkylation sites (N-methyl/N-ethyl adjacent to an activating group) is 1. The number of sulfone groups is 1. The monoisotopic (exact) mass is 580 g/mol. The van der Waals surface area contributed by atoms with Crippen molar-refractivity contribution in [2.24, 2.45) is 0 Å². The van der Waals surface area contributed by atoms with Gasteiger partial charge < -0.3 is 26.3 Å². The quantitative estimate of drug-likeness (QED) is 0.245. The van der Waals surface area contributed by atoms with E-state index in [1.807, 2.05) is 6.92 Å². The van der Waals surface area contributed by atoms with Crippen LogP contribution in [0.5, 0.6) is 11.5 Å². The van der Waals surface area contributed by atoms with Crippen LogP contribution in [0, 0.1) is 0 Å². The Labute approximate surface area is 236 Å². The Bertz CT molecular complexity index is 1280. The summed E-state index contributed by atoms with van der Waals surface area (Å²) in [5.41, 5.74) is 13.9. The summed E-state index contributed by atoms with van der Waals surface area (Å²) in [6.45, 7) is 8.13. The maximum Gasteiger partial charge on any atom is 0.255 e. The van der Waals surface area contributed by atoms with E-state index in [2.05, 4.69) is 29.8 Å². The highest BCUT2D eigenvalue weighted by Crippen LogP contribution is 2.30. The van der Waals surface area contributed by atoms with Gasteiger partial charge in [0.05, 0.1) is 41.7 Å². The number of rotatable bonds is 10. The van der Waals surface area contributed by atoms with Gasteiger partial charge in [-0.2, -0.15) is 0 Å². The molecule has 2 aromatic carbocycles. The molecule has 0 radical (unpaired) electrons. The lowest BCUT2D eigenvalue weighted by Crippen LogP contribution is -2.40. The molecule has 216 valence electrons. The third-order valence-electron chi connectivity index (χ3n) is 6.77. The molecule has 12 heteroatoms. The van der Waals surface area contributed by atoms with E-state index < -0.39 is 9.84 Å². The zero-order valence-electron chi connectivity index (χ0n) is 23.2. The molecule has 1 unspecified atom stereocenters. The Morgan fingerprint density at radius 1 is 1.03 bits per heavy atom. The molecule has 0 aliphatic carbocycles. The molecule has 1 heterocycles. The van der Waals surface area contributed by atoms with Gasteiger partial charge in [0.15, 0.2) is 9.84 Å². The number of nitrogens with one attached hydrogen (secondary N) is 1. The molecule has 0 spiro atoms. The largest absolute Gasteiger partial charge is 0.496 e. The molecule has 1 amide bonds. The van der Waals surface area contributed by atoms with Crippen LogP contribution < -0.4 is 26.3 Å². The van der Waals surface area contributed by atoms with Gasteiger partial charge >= 0.3 is 0 Å². The lowest BCUT2D eigenvalue weighted by atomic mass is 10.1. The van der Waals surface area contributed by atoms with E-state index in [-0.39, 0.29) is 38.7 Å². The van der Waals surface area contributed by atoms with Crippen LogP contribution in [-0.4, -0.2) is 70.0 Å². The summed E-state index contributed by atoms with van der Waals surface area (Å²) < 4.78 is 34.6. The summed E-state index contributed by atoms with van der Waals surface area (Å²) >= 11 is 3.77. The van der Waals surface area contributed by atoms with Crippen molar-refractivity contribution < 1.29 is 27.5 Å². The number of likely N-dealkylation sites (tertiary alicyclic amines) is 1. The first-order valence-corrected chi connectivity index (χ1v) is 15.0. The minimum atomic E-state index is -3.52. The van der Waals surface area contributed by atoms with Gasteiger partial charge in [0, 0.05) is 30.4 Å². The van der Waals surface area contributed by atoms with E-state index in [1.54, 1.807) is 12.1 Å². The first kappa shape index (κ1) is 32.3. The smallest absolute Gasteiger partial charge is 0.255 e. The zero-order valence-corrected chi connectivity index (χ0v) is 25.0. The average molecular weight is 581 g/mol. The molecule has 1 saturated heterocycles. The fraction of sp³-hybridized carbons (Fsp3) is 0.481. The number of anilines is 2. The number of benzene rings is 2. The van der Waals surface area contributed by atoms with E-state index in [0.29, 0.717) is 29.6 Å². The third kappa shape index (κ3) is 8.02. The summed E-state index contributed by atoms with van der Waals surface area (Å²) in [6.07, 6.45) is 2.95. The standard InChI is InChI=1S/C17H27N3O4S.C10H13NO2S/c1-4-20-8-6-7-12(20)11-19-17(21)13-9-16(25(22,23)5-2)14(18)10-15(13)24-3;1-3-6-4-7(10(12)14)9(13-2)5-8(6)11/h9-10,12H,4-8,11,18H2,1-3H3,(H,19,21);4-5H,3,11H2,1-2H3,(H,12,14). The fourth-order valence-corrected chi connectivity index (χ4v) is 5.68. The number of hydrogen-bond donors (Lipinski definition) is 4. The Morgan fingerprint density at radius 3 is 2.18 bits per heavy atom. The Kier molecular flexibility index (Phi) is 11.9. The van der Waals surface area contributed by atoms with E-state index >= 15 is 0 Å². The van der Waals surface area contributed by atoms with Gasteiger partial charge in [-0.1, -0.05) is 20.8 Å². The summed E-state index contributed by atoms with van der Waals surface area (Å²) in [4.78, 5) is 26.1. The molecule has 1 fully saturated rings. The van der Waals surface area contributed by atoms with Gasteiger partial charge in [-0.05, 0) is 50.0 Å². The first-order chi connectivity index (χ1) is 18.4. The molecule has 0 aromatic heterocycles. The van der Waals surface area contributed by atoms with Crippen molar-refractivity contribution in [2.45, 2.75) is 51.0 Å². The molecule has 2 aromatic rings. The number of nitrogens with zero attached hydrogens (tertiary/aromatic N) is 1. The highest BCUT2D eigenvalue weighted by atomic mass is 32.2. The Balaban J connectivity index is 0.000000322. The highest BCUT2D eigenvalue weighted by Gasteiger charge is 2.25. The number of methoxy groups -OCH3 is 2. The second-order valence-electron chi connectivity index (χ2n) is 9.04. The molecular formula is C27H40N4O6S2. The molecule has 5 N–H and O–H groups in total. The van der Waals surface area contributed by atoms with Crippen LogP contribution in [-0.2, 0) is 16.3 Å². The van der Waals surface area contributed by atoms with Crippen LogP contribution in [0.4, 0.5) is 11.4 Å². The maximum absolute atomic E-state index is 12.6. The third-order valence-corrected chi connectivity index (χ3v) is 8.79. The minimum Gasteiger partial charge on any atom is -0.496 e. The van der Waals surface area contributed by atoms with E-state index in [0.717, 1.165) is 37.9 Å². The normalized spacial score (nSPS) is 15.3. The summed E-state index contributed by atoms with van der Waals surface area (Å²) in [6, 6.07) is 6.40. The Hall–Kier alpha value is -2.96. The predicted molar refractivity (Wildman–Crippen MR) is 158 cm³/mol. The molecule has 0 bridgehead atoms. The lowest BCUT2D eigenvalue weighted by Gasteiger charge is -2.23. The fourth-order valence-electron chi connectivity index (χ4n) is 4.48. The van der Waals surface area contributed by atoms with Gasteiger partial charge in [-0.25, -0.2) is 8.42 Å². The maximum atomic E-state index is 12.6. The van der Waals surface area contributed by atoms with Crippen LogP contribution in [0.15, 0.2) is 29.2 Å². The van der Waals surface area contributed by atoms with E-state index in [9.17, 15) is 18.0 Å². The van der Waals surface area contributed by atoms with Crippen molar-refractivity contribution in [1.29, 1.82) is 0 Å². The number of nitrogen functional groups attached to an aromatic ring is 2. The van der Waals surface area contributed by atoms with Crippen LogP contribution in [0.2, 0.25) is 0 Å². The number of amides is 1. The number of ether oxygens (including phenoxy) is 2. The summed E-state index contributed by atoms with van der Waals surface area (Å²) in [7, 11) is -0.595. The van der Waals surface area contributed by atoms with Gasteiger partial charge in [-0.3, -0.25) is 14.5 Å². The van der Waals surface area contributed by atoms with Gasteiger partial charge in [0.1, 0.15) is 11.5 Å². The number of thiol groups is 1. The molecule has 0 saturated carbocycles. The molecule has 1 atom stereocenters. The summed E-state index contributed by atoms with van der Waals surface area (Å²) in [5.74, 6) is 0.300. The molecule has 10 nitrogen and oxygen atoms in total. The predicted octanol–water partition coefficient (Wildman–Crippen LogP) is 3.19. The zero-order chi connectivity index (χ0) is 29.3. The second-order valence-corrected chi connectivity index (χ2v) is 11.7. The van der Waals surface area contributed by atoms with Crippen molar-refractivity contribution in [3.8, 4) is 11.5 Å². The van der Waals surface area contributed by atoms with Crippen molar-refractivity contribution >= 4 is 44.9 Å². The number of carbonyl (C=O) groups excluding carboxylic acids is 2.